The Morgan fingerprint density at radius 2 is 2.12 bits per heavy atom. The third-order valence-corrected chi connectivity index (χ3v) is 3.92. The number of aliphatic hydroxyl groups is 1. The highest BCUT2D eigenvalue weighted by Gasteiger charge is 2.67. The third kappa shape index (κ3) is 1.61. The van der Waals surface area contributed by atoms with Crippen LogP contribution in [0.4, 0.5) is 13.2 Å². The maximum atomic E-state index is 12.8. The van der Waals surface area contributed by atoms with Crippen LogP contribution < -0.4 is 0 Å². The summed E-state index contributed by atoms with van der Waals surface area (Å²) in [6, 6.07) is 0. The van der Waals surface area contributed by atoms with Crippen molar-refractivity contribution in [3.63, 3.8) is 0 Å². The van der Waals surface area contributed by atoms with Crippen molar-refractivity contribution in [3.05, 3.63) is 12.8 Å². The zero-order chi connectivity index (χ0) is 12.0. The standard InChI is InChI=1S/C11H15F3O2/c1-2-16-6-8-3-7-4-9(8)10(15,5-7)11(12,13)14/h2,7-9,15H,1,3-6H2. The summed E-state index contributed by atoms with van der Waals surface area (Å²) in [4.78, 5) is 0. The molecule has 2 nitrogen and oxygen atoms in total. The van der Waals surface area contributed by atoms with Gasteiger partial charge in [-0.1, -0.05) is 6.58 Å². The topological polar surface area (TPSA) is 29.5 Å². The van der Waals surface area contributed by atoms with Crippen LogP contribution in [0.1, 0.15) is 19.3 Å². The second-order valence-electron chi connectivity index (χ2n) is 4.83. The lowest BCUT2D eigenvalue weighted by molar-refractivity contribution is -0.283. The van der Waals surface area contributed by atoms with Crippen molar-refractivity contribution in [1.82, 2.24) is 0 Å². The third-order valence-electron chi connectivity index (χ3n) is 3.92. The normalized spacial score (nSPS) is 42.4. The first-order valence-electron chi connectivity index (χ1n) is 5.40. The van der Waals surface area contributed by atoms with Crippen molar-refractivity contribution in [2.45, 2.75) is 31.0 Å². The Morgan fingerprint density at radius 1 is 1.44 bits per heavy atom. The van der Waals surface area contributed by atoms with Crippen molar-refractivity contribution >= 4 is 0 Å². The number of hydrogen-bond donors (Lipinski definition) is 1. The second-order valence-corrected chi connectivity index (χ2v) is 4.83. The fourth-order valence-corrected chi connectivity index (χ4v) is 3.29. The molecule has 5 heteroatoms. The van der Waals surface area contributed by atoms with E-state index in [1.807, 2.05) is 0 Å². The molecule has 2 fully saturated rings. The van der Waals surface area contributed by atoms with E-state index >= 15 is 0 Å². The van der Waals surface area contributed by atoms with E-state index in [0.29, 0.717) is 6.42 Å². The van der Waals surface area contributed by atoms with Crippen LogP contribution in [-0.4, -0.2) is 23.5 Å². The van der Waals surface area contributed by atoms with Crippen molar-refractivity contribution < 1.29 is 23.0 Å². The van der Waals surface area contributed by atoms with E-state index in [1.165, 1.54) is 6.26 Å². The Kier molecular flexibility index (Phi) is 2.69. The van der Waals surface area contributed by atoms with E-state index < -0.39 is 17.7 Å². The van der Waals surface area contributed by atoms with Gasteiger partial charge in [0.1, 0.15) is 0 Å². The van der Waals surface area contributed by atoms with Crippen molar-refractivity contribution in [1.29, 1.82) is 0 Å². The summed E-state index contributed by atoms with van der Waals surface area (Å²) in [6.07, 6.45) is -2.26. The molecule has 16 heavy (non-hydrogen) atoms. The number of halogens is 3. The van der Waals surface area contributed by atoms with E-state index in [2.05, 4.69) is 6.58 Å². The van der Waals surface area contributed by atoms with Gasteiger partial charge < -0.3 is 9.84 Å². The van der Waals surface area contributed by atoms with E-state index in [1.54, 1.807) is 0 Å². The lowest BCUT2D eigenvalue weighted by atomic mass is 9.77. The predicted octanol–water partition coefficient (Wildman–Crippen LogP) is 2.49. The van der Waals surface area contributed by atoms with Crippen LogP contribution in [0.2, 0.25) is 0 Å². The van der Waals surface area contributed by atoms with Crippen molar-refractivity contribution in [2.75, 3.05) is 6.61 Å². The molecule has 4 unspecified atom stereocenters. The molecule has 0 aromatic rings. The highest BCUT2D eigenvalue weighted by atomic mass is 19.4. The zero-order valence-electron chi connectivity index (χ0n) is 8.83. The molecule has 92 valence electrons. The van der Waals surface area contributed by atoms with Gasteiger partial charge in [0.05, 0.1) is 12.9 Å². The van der Waals surface area contributed by atoms with Crippen LogP contribution in [0.3, 0.4) is 0 Å². The lowest BCUT2D eigenvalue weighted by Gasteiger charge is -2.38. The van der Waals surface area contributed by atoms with E-state index in [4.69, 9.17) is 4.74 Å². The number of ether oxygens (including phenoxy) is 1. The van der Waals surface area contributed by atoms with E-state index in [-0.39, 0.29) is 24.9 Å². The first-order chi connectivity index (χ1) is 7.38. The molecule has 2 saturated carbocycles. The molecule has 0 aromatic carbocycles. The monoisotopic (exact) mass is 236 g/mol. The highest BCUT2D eigenvalue weighted by molar-refractivity contribution is 5.08. The number of fused-ring (bicyclic) bond motifs is 2. The summed E-state index contributed by atoms with van der Waals surface area (Å²) in [5.41, 5.74) is -2.49. The molecule has 1 N–H and O–H groups in total. The lowest BCUT2D eigenvalue weighted by Crippen LogP contribution is -2.52. The first-order valence-corrected chi connectivity index (χ1v) is 5.40. The van der Waals surface area contributed by atoms with Gasteiger partial charge in [0.25, 0.3) is 0 Å². The van der Waals surface area contributed by atoms with Gasteiger partial charge in [-0.15, -0.1) is 0 Å². The van der Waals surface area contributed by atoms with Gasteiger partial charge in [0, 0.05) is 5.92 Å². The van der Waals surface area contributed by atoms with Gasteiger partial charge in [0.15, 0.2) is 5.60 Å². The van der Waals surface area contributed by atoms with Crippen LogP contribution in [0.15, 0.2) is 12.8 Å². The Labute approximate surface area is 92.1 Å². The van der Waals surface area contributed by atoms with Crippen LogP contribution >= 0.6 is 0 Å². The quantitative estimate of drug-likeness (QED) is 0.763. The summed E-state index contributed by atoms with van der Waals surface area (Å²) < 4.78 is 43.3. The van der Waals surface area contributed by atoms with Crippen LogP contribution in [-0.2, 0) is 4.74 Å². The summed E-state index contributed by atoms with van der Waals surface area (Å²) in [5.74, 6) is -0.934. The fraction of sp³-hybridized carbons (Fsp3) is 0.818. The molecule has 0 radical (unpaired) electrons. The Balaban J connectivity index is 2.12. The summed E-state index contributed by atoms with van der Waals surface area (Å²) in [6.45, 7) is 3.59. The minimum Gasteiger partial charge on any atom is -0.502 e. The smallest absolute Gasteiger partial charge is 0.417 e. The Bertz CT molecular complexity index is 289. The first kappa shape index (κ1) is 11.8. The number of alkyl halides is 3. The van der Waals surface area contributed by atoms with Crippen LogP contribution in [0.25, 0.3) is 0 Å². The molecule has 0 amide bonds. The molecule has 4 atom stereocenters. The van der Waals surface area contributed by atoms with Crippen molar-refractivity contribution in [2.24, 2.45) is 17.8 Å². The maximum Gasteiger partial charge on any atom is 0.417 e. The molecule has 0 saturated heterocycles. The Morgan fingerprint density at radius 3 is 2.62 bits per heavy atom. The van der Waals surface area contributed by atoms with Gasteiger partial charge in [-0.25, -0.2) is 0 Å². The molecule has 0 heterocycles. The molecule has 0 spiro atoms. The average Bonchev–Trinajstić information content (AvgIpc) is 2.70. The fourth-order valence-electron chi connectivity index (χ4n) is 3.29. The van der Waals surface area contributed by atoms with E-state index in [0.717, 1.165) is 6.42 Å². The minimum atomic E-state index is -4.53. The number of hydrogen-bond acceptors (Lipinski definition) is 2. The molecular weight excluding hydrogens is 221 g/mol. The molecule has 2 rings (SSSR count). The SMILES string of the molecule is C=COCC1CC2CC1C(O)(C(F)(F)F)C2. The second kappa shape index (κ2) is 3.65. The maximum absolute atomic E-state index is 12.8. The summed E-state index contributed by atoms with van der Waals surface area (Å²) in [5, 5.41) is 9.78. The molecule has 0 aromatic heterocycles. The van der Waals surface area contributed by atoms with Crippen LogP contribution in [0, 0.1) is 17.8 Å². The summed E-state index contributed by atoms with van der Waals surface area (Å²) in [7, 11) is 0. The molecular formula is C11H15F3O2. The van der Waals surface area contributed by atoms with Gasteiger partial charge >= 0.3 is 6.18 Å². The molecule has 2 bridgehead atoms. The number of rotatable bonds is 3. The van der Waals surface area contributed by atoms with E-state index in [9.17, 15) is 18.3 Å². The minimum absolute atomic E-state index is 0.0185. The van der Waals surface area contributed by atoms with Gasteiger partial charge in [0.2, 0.25) is 0 Å². The largest absolute Gasteiger partial charge is 0.502 e. The molecule has 2 aliphatic rings. The predicted molar refractivity (Wildman–Crippen MR) is 51.5 cm³/mol. The average molecular weight is 236 g/mol. The molecule has 0 aliphatic heterocycles. The Hall–Kier alpha value is -0.710. The highest BCUT2D eigenvalue weighted by Crippen LogP contribution is 2.59. The van der Waals surface area contributed by atoms with Gasteiger partial charge in [-0.05, 0) is 31.1 Å². The van der Waals surface area contributed by atoms with Crippen LogP contribution in [0.5, 0.6) is 0 Å². The molecule has 2 aliphatic carbocycles. The summed E-state index contributed by atoms with van der Waals surface area (Å²) >= 11 is 0. The zero-order valence-corrected chi connectivity index (χ0v) is 8.83. The van der Waals surface area contributed by atoms with Gasteiger partial charge in [-0.2, -0.15) is 13.2 Å². The van der Waals surface area contributed by atoms with Crippen molar-refractivity contribution in [3.8, 4) is 0 Å². The van der Waals surface area contributed by atoms with Gasteiger partial charge in [-0.3, -0.25) is 0 Å².